The molecule has 1 aromatic carbocycles. The van der Waals surface area contributed by atoms with E-state index in [1.807, 2.05) is 0 Å². The van der Waals surface area contributed by atoms with Crippen molar-refractivity contribution < 1.29 is 24.2 Å². The van der Waals surface area contributed by atoms with Gasteiger partial charge in [-0.15, -0.1) is 0 Å². The van der Waals surface area contributed by atoms with E-state index in [0.717, 1.165) is 5.69 Å². The van der Waals surface area contributed by atoms with Crippen molar-refractivity contribution in [2.45, 2.75) is 32.2 Å². The standard InChI is InChI=1S/C23H25N3O6/c1-14-10-19(27)21(22(29)26(14)9-8-17-12-24-13-25-17)18(11-20(28)31-2)15-4-6-16(7-5-15)23(30)32-3/h4-7,10,12-13,18,27H,8-9,11H2,1-3H3,(H,24,25)/t18-/m0/s1. The highest BCUT2D eigenvalue weighted by atomic mass is 16.5. The largest absolute Gasteiger partial charge is 0.507 e. The van der Waals surface area contributed by atoms with Crippen molar-refractivity contribution in [3.05, 3.63) is 81.3 Å². The molecule has 3 rings (SSSR count). The fourth-order valence-electron chi connectivity index (χ4n) is 3.63. The Morgan fingerprint density at radius 1 is 1.19 bits per heavy atom. The molecule has 0 bridgehead atoms. The second kappa shape index (κ2) is 9.95. The molecule has 0 saturated carbocycles. The molecular weight excluding hydrogens is 414 g/mol. The monoisotopic (exact) mass is 439 g/mol. The number of H-pyrrole nitrogens is 1. The number of aromatic amines is 1. The number of pyridine rings is 1. The Bertz CT molecular complexity index is 1150. The minimum atomic E-state index is -0.763. The minimum Gasteiger partial charge on any atom is -0.507 e. The van der Waals surface area contributed by atoms with Gasteiger partial charge in [0.2, 0.25) is 0 Å². The summed E-state index contributed by atoms with van der Waals surface area (Å²) < 4.78 is 11.1. The lowest BCUT2D eigenvalue weighted by atomic mass is 9.88. The summed E-state index contributed by atoms with van der Waals surface area (Å²) in [5.41, 5.74) is 2.08. The zero-order valence-corrected chi connectivity index (χ0v) is 18.1. The van der Waals surface area contributed by atoms with Crippen LogP contribution in [0.2, 0.25) is 0 Å². The lowest BCUT2D eigenvalue weighted by molar-refractivity contribution is -0.140. The number of aromatic hydroxyl groups is 1. The number of hydrogen-bond acceptors (Lipinski definition) is 7. The fraction of sp³-hybridized carbons (Fsp3) is 0.304. The van der Waals surface area contributed by atoms with Crippen LogP contribution < -0.4 is 5.56 Å². The zero-order valence-electron chi connectivity index (χ0n) is 18.1. The Morgan fingerprint density at radius 2 is 1.91 bits per heavy atom. The van der Waals surface area contributed by atoms with Crippen molar-refractivity contribution in [3.8, 4) is 5.75 Å². The number of ether oxygens (including phenoxy) is 2. The van der Waals surface area contributed by atoms with E-state index < -0.39 is 23.4 Å². The lowest BCUT2D eigenvalue weighted by Gasteiger charge is -2.20. The first-order valence-electron chi connectivity index (χ1n) is 10.0. The highest BCUT2D eigenvalue weighted by Crippen LogP contribution is 2.32. The number of benzene rings is 1. The summed E-state index contributed by atoms with van der Waals surface area (Å²) in [7, 11) is 2.55. The molecule has 0 amide bonds. The van der Waals surface area contributed by atoms with Crippen LogP contribution in [0.15, 0.2) is 47.7 Å². The maximum Gasteiger partial charge on any atom is 0.337 e. The second-order valence-electron chi connectivity index (χ2n) is 7.31. The van der Waals surface area contributed by atoms with Crippen LogP contribution in [-0.2, 0) is 27.2 Å². The molecule has 0 radical (unpaired) electrons. The van der Waals surface area contributed by atoms with Crippen LogP contribution in [0.3, 0.4) is 0 Å². The quantitative estimate of drug-likeness (QED) is 0.516. The number of carbonyl (C=O) groups is 2. The predicted molar refractivity (Wildman–Crippen MR) is 116 cm³/mol. The first kappa shape index (κ1) is 22.8. The first-order valence-corrected chi connectivity index (χ1v) is 10.0. The molecule has 9 heteroatoms. The van der Waals surface area contributed by atoms with Crippen molar-refractivity contribution in [3.63, 3.8) is 0 Å². The maximum atomic E-state index is 13.4. The highest BCUT2D eigenvalue weighted by molar-refractivity contribution is 5.89. The van der Waals surface area contributed by atoms with Gasteiger partial charge >= 0.3 is 11.9 Å². The van der Waals surface area contributed by atoms with Crippen LogP contribution in [0.1, 0.15) is 45.2 Å². The van der Waals surface area contributed by atoms with Gasteiger partial charge in [-0.2, -0.15) is 0 Å². The van der Waals surface area contributed by atoms with E-state index in [1.54, 1.807) is 48.3 Å². The molecule has 0 saturated heterocycles. The van der Waals surface area contributed by atoms with E-state index in [4.69, 9.17) is 9.47 Å². The third kappa shape index (κ3) is 4.88. The average Bonchev–Trinajstić information content (AvgIpc) is 3.31. The molecule has 0 unspecified atom stereocenters. The molecule has 3 aromatic rings. The number of aromatic nitrogens is 3. The molecular formula is C23H25N3O6. The van der Waals surface area contributed by atoms with E-state index >= 15 is 0 Å². The van der Waals surface area contributed by atoms with Gasteiger partial charge in [0, 0.05) is 36.5 Å². The summed E-state index contributed by atoms with van der Waals surface area (Å²) >= 11 is 0. The van der Waals surface area contributed by atoms with Gasteiger partial charge in [-0.05, 0) is 30.7 Å². The molecule has 2 heterocycles. The van der Waals surface area contributed by atoms with Gasteiger partial charge in [-0.3, -0.25) is 9.59 Å². The van der Waals surface area contributed by atoms with E-state index in [2.05, 4.69) is 9.97 Å². The highest BCUT2D eigenvalue weighted by Gasteiger charge is 2.27. The number of imidazole rings is 1. The van der Waals surface area contributed by atoms with Crippen LogP contribution in [0.5, 0.6) is 5.75 Å². The summed E-state index contributed by atoms with van der Waals surface area (Å²) in [6.07, 6.45) is 3.64. The van der Waals surface area contributed by atoms with Gasteiger partial charge in [-0.25, -0.2) is 9.78 Å². The second-order valence-corrected chi connectivity index (χ2v) is 7.31. The molecule has 32 heavy (non-hydrogen) atoms. The number of rotatable bonds is 8. The smallest absolute Gasteiger partial charge is 0.337 e. The molecule has 2 aromatic heterocycles. The van der Waals surface area contributed by atoms with Crippen LogP contribution in [0, 0.1) is 6.92 Å². The van der Waals surface area contributed by atoms with Crippen molar-refractivity contribution in [2.24, 2.45) is 0 Å². The maximum absolute atomic E-state index is 13.4. The minimum absolute atomic E-state index is 0.0939. The van der Waals surface area contributed by atoms with Crippen LogP contribution >= 0.6 is 0 Å². The van der Waals surface area contributed by atoms with E-state index in [9.17, 15) is 19.5 Å². The molecule has 9 nitrogen and oxygen atoms in total. The van der Waals surface area contributed by atoms with E-state index in [-0.39, 0.29) is 17.7 Å². The zero-order chi connectivity index (χ0) is 23.3. The van der Waals surface area contributed by atoms with Gasteiger partial charge in [-0.1, -0.05) is 12.1 Å². The number of nitrogens with one attached hydrogen (secondary N) is 1. The summed E-state index contributed by atoms with van der Waals surface area (Å²) in [6.45, 7) is 2.10. The SMILES string of the molecule is COC(=O)C[C@@H](c1ccc(C(=O)OC)cc1)c1c(O)cc(C)n(CCc2cnc[nH]2)c1=O. The van der Waals surface area contributed by atoms with Gasteiger partial charge in [0.1, 0.15) is 5.75 Å². The Balaban J connectivity index is 2.05. The number of aryl methyl sites for hydroxylation is 2. The molecule has 168 valence electrons. The summed E-state index contributed by atoms with van der Waals surface area (Å²) in [5.74, 6) is -1.99. The van der Waals surface area contributed by atoms with Crippen molar-refractivity contribution in [1.29, 1.82) is 0 Å². The molecule has 0 aliphatic heterocycles. The Kier molecular flexibility index (Phi) is 7.09. The average molecular weight is 439 g/mol. The van der Waals surface area contributed by atoms with Crippen LogP contribution in [0.25, 0.3) is 0 Å². The van der Waals surface area contributed by atoms with Gasteiger partial charge in [0.15, 0.2) is 0 Å². The molecule has 0 fully saturated rings. The van der Waals surface area contributed by atoms with Gasteiger partial charge < -0.3 is 24.1 Å². The molecule has 0 aliphatic rings. The molecule has 1 atom stereocenters. The van der Waals surface area contributed by atoms with Gasteiger partial charge in [0.25, 0.3) is 5.56 Å². The van der Waals surface area contributed by atoms with Crippen LogP contribution in [-0.4, -0.2) is 45.8 Å². The van der Waals surface area contributed by atoms with Crippen LogP contribution in [0.4, 0.5) is 0 Å². The number of hydrogen-bond donors (Lipinski definition) is 2. The predicted octanol–water partition coefficient (Wildman–Crippen LogP) is 2.31. The molecule has 2 N–H and O–H groups in total. The third-order valence-corrected chi connectivity index (χ3v) is 5.36. The topological polar surface area (TPSA) is 124 Å². The Hall–Kier alpha value is -3.88. The third-order valence-electron chi connectivity index (χ3n) is 5.36. The lowest BCUT2D eigenvalue weighted by Crippen LogP contribution is -2.29. The summed E-state index contributed by atoms with van der Waals surface area (Å²) in [4.78, 5) is 44.3. The first-order chi connectivity index (χ1) is 15.3. The van der Waals surface area contributed by atoms with Gasteiger partial charge in [0.05, 0.1) is 38.1 Å². The van der Waals surface area contributed by atoms with Crippen molar-refractivity contribution in [1.82, 2.24) is 14.5 Å². The fourth-order valence-corrected chi connectivity index (χ4v) is 3.63. The number of methoxy groups -OCH3 is 2. The molecule has 0 spiro atoms. The molecule has 0 aliphatic carbocycles. The number of carbonyl (C=O) groups excluding carboxylic acids is 2. The Morgan fingerprint density at radius 3 is 2.50 bits per heavy atom. The van der Waals surface area contributed by atoms with E-state index in [0.29, 0.717) is 29.8 Å². The number of esters is 2. The normalized spacial score (nSPS) is 11.7. The summed E-state index contributed by atoms with van der Waals surface area (Å²) in [6, 6.07) is 7.87. The van der Waals surface area contributed by atoms with Crippen molar-refractivity contribution >= 4 is 11.9 Å². The number of nitrogens with zero attached hydrogens (tertiary/aromatic N) is 2. The van der Waals surface area contributed by atoms with Crippen molar-refractivity contribution in [2.75, 3.05) is 14.2 Å². The Labute approximate surface area is 184 Å². The van der Waals surface area contributed by atoms with E-state index in [1.165, 1.54) is 20.3 Å². The summed E-state index contributed by atoms with van der Waals surface area (Å²) in [5, 5.41) is 10.7.